The molecule has 0 spiro atoms. The third-order valence-corrected chi connectivity index (χ3v) is 7.55. The van der Waals surface area contributed by atoms with Gasteiger partial charge in [0, 0.05) is 0 Å². The summed E-state index contributed by atoms with van der Waals surface area (Å²) in [5.74, 6) is 0.0379. The maximum atomic E-state index is 12.1. The van der Waals surface area contributed by atoms with Gasteiger partial charge in [0.2, 0.25) is 5.95 Å². The van der Waals surface area contributed by atoms with Gasteiger partial charge in [-0.1, -0.05) is 5.21 Å². The molecule has 0 radical (unpaired) electrons. The molecule has 0 saturated carbocycles. The van der Waals surface area contributed by atoms with Crippen LogP contribution in [0.4, 0.5) is 11.8 Å². The number of aromatic nitrogens is 11. The minimum absolute atomic E-state index is 0.00405. The van der Waals surface area contributed by atoms with Crippen LogP contribution in [0, 0.1) is 0 Å². The minimum Gasteiger partial charge on any atom is -0.387 e. The third kappa shape index (κ3) is 4.71. The maximum absolute atomic E-state index is 12.1. The number of imidazole rings is 2. The molecule has 21 nitrogen and oxygen atoms in total. The lowest BCUT2D eigenvalue weighted by molar-refractivity contribution is -0.0686. The highest BCUT2D eigenvalue weighted by atomic mass is 16.6. The Labute approximate surface area is 244 Å². The number of nitrogen functional groups attached to an aromatic ring is 2. The van der Waals surface area contributed by atoms with E-state index in [2.05, 4.69) is 40.2 Å². The first kappa shape index (κ1) is 28.1. The van der Waals surface area contributed by atoms with Crippen LogP contribution in [0.1, 0.15) is 18.1 Å². The van der Waals surface area contributed by atoms with Crippen molar-refractivity contribution in [2.75, 3.05) is 18.1 Å². The van der Waals surface area contributed by atoms with Gasteiger partial charge in [-0.3, -0.25) is 18.9 Å². The standard InChI is InChI=1S/C23H27N13O8/c24-17-11-18(27-5-26-17)35(6-28-11)21-16(40)14(38)10(44-21)4-42-3-8-1-34(33-32-8)2-9-13(37)15(39)22(43-9)36-7-29-12-19(36)30-23(25)31-20(12)41/h1,5-7,9-10,13-16,21-22,37-40H,2-4H2,(H2,24,26,27)(H3,25,30,31,41)/t9-,10-,13-,14-,15-,16-,21-,22-/m1/s1. The summed E-state index contributed by atoms with van der Waals surface area (Å²) < 4.78 is 21.6. The van der Waals surface area contributed by atoms with Crippen LogP contribution in [0.25, 0.3) is 22.3 Å². The second-order valence-corrected chi connectivity index (χ2v) is 10.4. The van der Waals surface area contributed by atoms with Crippen LogP contribution < -0.4 is 17.0 Å². The summed E-state index contributed by atoms with van der Waals surface area (Å²) in [6, 6.07) is 0. The highest BCUT2D eigenvalue weighted by Crippen LogP contribution is 2.33. The number of hydrogen-bond acceptors (Lipinski definition) is 17. The smallest absolute Gasteiger partial charge is 0.280 e. The van der Waals surface area contributed by atoms with E-state index in [0.29, 0.717) is 16.9 Å². The highest BCUT2D eigenvalue weighted by Gasteiger charge is 2.46. The van der Waals surface area contributed by atoms with Gasteiger partial charge < -0.3 is 46.1 Å². The monoisotopic (exact) mass is 613 g/mol. The van der Waals surface area contributed by atoms with Crippen molar-refractivity contribution in [1.82, 2.24) is 54.0 Å². The molecule has 2 fully saturated rings. The van der Waals surface area contributed by atoms with E-state index in [4.69, 9.17) is 25.7 Å². The zero-order chi connectivity index (χ0) is 30.7. The van der Waals surface area contributed by atoms with Crippen molar-refractivity contribution < 1.29 is 34.6 Å². The molecule has 2 saturated heterocycles. The lowest BCUT2D eigenvalue weighted by atomic mass is 10.1. The lowest BCUT2D eigenvalue weighted by Gasteiger charge is -2.16. The molecular weight excluding hydrogens is 586 g/mol. The van der Waals surface area contributed by atoms with E-state index in [0.717, 1.165) is 0 Å². The van der Waals surface area contributed by atoms with Gasteiger partial charge in [-0.05, 0) is 0 Å². The zero-order valence-corrected chi connectivity index (χ0v) is 22.6. The van der Waals surface area contributed by atoms with Gasteiger partial charge in [0.05, 0.1) is 38.6 Å². The van der Waals surface area contributed by atoms with Gasteiger partial charge in [-0.25, -0.2) is 24.6 Å². The number of fused-ring (bicyclic) bond motifs is 2. The first-order valence-electron chi connectivity index (χ1n) is 13.3. The summed E-state index contributed by atoms with van der Waals surface area (Å²) in [6.45, 7) is -0.0627. The summed E-state index contributed by atoms with van der Waals surface area (Å²) >= 11 is 0. The van der Waals surface area contributed by atoms with Gasteiger partial charge in [0.15, 0.2) is 35.1 Å². The fourth-order valence-electron chi connectivity index (χ4n) is 5.35. The quantitative estimate of drug-likeness (QED) is 0.0881. The Morgan fingerprint density at radius 1 is 0.886 bits per heavy atom. The molecule has 7 heterocycles. The number of hydrogen-bond donors (Lipinski definition) is 7. The van der Waals surface area contributed by atoms with Crippen LogP contribution in [0.3, 0.4) is 0 Å². The van der Waals surface area contributed by atoms with E-state index >= 15 is 0 Å². The number of aromatic amines is 1. The van der Waals surface area contributed by atoms with E-state index in [1.807, 2.05) is 0 Å². The van der Waals surface area contributed by atoms with Crippen molar-refractivity contribution in [3.63, 3.8) is 0 Å². The minimum atomic E-state index is -1.37. The lowest BCUT2D eigenvalue weighted by Crippen LogP contribution is -2.34. The molecule has 21 heteroatoms. The largest absolute Gasteiger partial charge is 0.387 e. The van der Waals surface area contributed by atoms with Crippen LogP contribution in [-0.4, -0.2) is 118 Å². The fraction of sp³-hybridized carbons (Fsp3) is 0.478. The summed E-state index contributed by atoms with van der Waals surface area (Å²) in [5.41, 5.74) is 12.1. The Hall–Kier alpha value is -4.64. The molecule has 0 unspecified atom stereocenters. The highest BCUT2D eigenvalue weighted by molar-refractivity contribution is 5.81. The Bertz CT molecular complexity index is 1870. The van der Waals surface area contributed by atoms with Crippen molar-refractivity contribution in [2.24, 2.45) is 0 Å². The van der Waals surface area contributed by atoms with Gasteiger partial charge >= 0.3 is 0 Å². The molecule has 5 aromatic rings. The van der Waals surface area contributed by atoms with Gasteiger partial charge in [-0.2, -0.15) is 4.98 Å². The fourth-order valence-corrected chi connectivity index (χ4v) is 5.35. The summed E-state index contributed by atoms with van der Waals surface area (Å²) in [7, 11) is 0. The number of anilines is 2. The van der Waals surface area contributed by atoms with Crippen LogP contribution in [0.15, 0.2) is 30.0 Å². The molecule has 44 heavy (non-hydrogen) atoms. The average molecular weight is 614 g/mol. The summed E-state index contributed by atoms with van der Waals surface area (Å²) in [5, 5.41) is 50.6. The van der Waals surface area contributed by atoms with Crippen LogP contribution >= 0.6 is 0 Å². The third-order valence-electron chi connectivity index (χ3n) is 7.55. The number of H-pyrrole nitrogens is 1. The van der Waals surface area contributed by atoms with Gasteiger partial charge in [-0.15, -0.1) is 5.10 Å². The normalized spacial score (nSPS) is 28.9. The molecule has 0 amide bonds. The molecule has 5 aromatic heterocycles. The molecule has 232 valence electrons. The average Bonchev–Trinajstić information content (AvgIpc) is 3.81. The predicted molar refractivity (Wildman–Crippen MR) is 144 cm³/mol. The topological polar surface area (TPSA) is 299 Å². The molecule has 2 aliphatic rings. The summed E-state index contributed by atoms with van der Waals surface area (Å²) in [4.78, 5) is 34.7. The molecule has 2 aliphatic heterocycles. The number of ether oxygens (including phenoxy) is 3. The van der Waals surface area contributed by atoms with E-state index < -0.39 is 54.6 Å². The Kier molecular flexibility index (Phi) is 6.92. The number of aliphatic hydroxyl groups is 4. The van der Waals surface area contributed by atoms with Crippen molar-refractivity contribution >= 4 is 34.1 Å². The maximum Gasteiger partial charge on any atom is 0.280 e. The Morgan fingerprint density at radius 2 is 1.57 bits per heavy atom. The SMILES string of the molecule is Nc1nc2c(ncn2[C@@H]2O[C@H](Cn3cc(COC[C@H]4O[C@@H](n5cnc6c(N)ncnc65)[C@H](O)[C@@H]4O)nn3)[C@@H](O)[C@H]2O)c(=O)[nH]1. The molecule has 0 aromatic carbocycles. The van der Waals surface area contributed by atoms with E-state index in [-0.39, 0.29) is 42.7 Å². The zero-order valence-electron chi connectivity index (χ0n) is 22.6. The van der Waals surface area contributed by atoms with Crippen LogP contribution in [0.5, 0.6) is 0 Å². The Morgan fingerprint density at radius 3 is 2.34 bits per heavy atom. The van der Waals surface area contributed by atoms with Gasteiger partial charge in [0.1, 0.15) is 54.2 Å². The molecule has 8 atom stereocenters. The van der Waals surface area contributed by atoms with Crippen molar-refractivity contribution in [2.45, 2.75) is 62.2 Å². The number of nitrogens with zero attached hydrogens (tertiary/aromatic N) is 10. The number of rotatable bonds is 8. The Balaban J connectivity index is 0.959. The number of nitrogens with one attached hydrogen (secondary N) is 1. The molecule has 0 aliphatic carbocycles. The van der Waals surface area contributed by atoms with E-state index in [1.54, 1.807) is 6.20 Å². The number of aliphatic hydroxyl groups excluding tert-OH is 4. The molecule has 0 bridgehead atoms. The molecule has 9 N–H and O–H groups in total. The van der Waals surface area contributed by atoms with E-state index in [1.165, 1.54) is 32.8 Å². The van der Waals surface area contributed by atoms with E-state index in [9.17, 15) is 25.2 Å². The second-order valence-electron chi connectivity index (χ2n) is 10.4. The van der Waals surface area contributed by atoms with Crippen molar-refractivity contribution in [1.29, 1.82) is 0 Å². The van der Waals surface area contributed by atoms with Gasteiger partial charge in [0.25, 0.3) is 5.56 Å². The van der Waals surface area contributed by atoms with Crippen molar-refractivity contribution in [3.8, 4) is 0 Å². The molecular formula is C23H27N13O8. The predicted octanol–water partition coefficient (Wildman–Crippen LogP) is -3.83. The number of nitrogens with two attached hydrogens (primary N) is 2. The summed E-state index contributed by atoms with van der Waals surface area (Å²) in [6.07, 6.45) is -3.57. The van der Waals surface area contributed by atoms with Crippen LogP contribution in [-0.2, 0) is 27.4 Å². The first-order chi connectivity index (χ1) is 21.2. The van der Waals surface area contributed by atoms with Crippen molar-refractivity contribution in [3.05, 3.63) is 41.2 Å². The molecule has 7 rings (SSSR count). The first-order valence-corrected chi connectivity index (χ1v) is 13.3. The van der Waals surface area contributed by atoms with Crippen LogP contribution in [0.2, 0.25) is 0 Å². The second kappa shape index (κ2) is 10.8.